The van der Waals surface area contributed by atoms with Gasteiger partial charge in [-0.25, -0.2) is 8.78 Å². The van der Waals surface area contributed by atoms with E-state index < -0.39 is 11.6 Å². The molecule has 19 heavy (non-hydrogen) atoms. The van der Waals surface area contributed by atoms with Gasteiger partial charge in [0, 0.05) is 5.56 Å². The highest BCUT2D eigenvalue weighted by atomic mass is 19.1. The predicted molar refractivity (Wildman–Crippen MR) is 65.6 cm³/mol. The molecule has 4 nitrogen and oxygen atoms in total. The van der Waals surface area contributed by atoms with Crippen molar-refractivity contribution in [3.8, 4) is 0 Å². The standard InChI is InChI=1S/C13H15F2N3O/c1-3-16-8(2)13-18-17-12(19-13)7-9-10(14)5-4-6-11(9)15/h4-6,8,16H,3,7H2,1-2H3. The summed E-state index contributed by atoms with van der Waals surface area (Å²) in [6, 6.07) is 3.64. The van der Waals surface area contributed by atoms with E-state index in [0.29, 0.717) is 5.89 Å². The molecular formula is C13H15F2N3O. The van der Waals surface area contributed by atoms with Gasteiger partial charge in [0.05, 0.1) is 12.5 Å². The highest BCUT2D eigenvalue weighted by molar-refractivity contribution is 5.22. The van der Waals surface area contributed by atoms with Crippen molar-refractivity contribution in [2.24, 2.45) is 0 Å². The quantitative estimate of drug-likeness (QED) is 0.904. The third-order valence-corrected chi connectivity index (χ3v) is 2.75. The molecule has 0 saturated carbocycles. The molecule has 1 aromatic heterocycles. The predicted octanol–water partition coefficient (Wildman–Crippen LogP) is 2.61. The van der Waals surface area contributed by atoms with Crippen LogP contribution in [0.1, 0.15) is 37.2 Å². The van der Waals surface area contributed by atoms with E-state index >= 15 is 0 Å². The first-order valence-corrected chi connectivity index (χ1v) is 6.10. The molecule has 0 aliphatic rings. The third kappa shape index (κ3) is 3.14. The Labute approximate surface area is 109 Å². The Morgan fingerprint density at radius 1 is 1.26 bits per heavy atom. The van der Waals surface area contributed by atoms with Crippen molar-refractivity contribution in [3.05, 3.63) is 47.2 Å². The molecule has 102 valence electrons. The molecular weight excluding hydrogens is 252 g/mol. The van der Waals surface area contributed by atoms with Gasteiger partial charge in [-0.05, 0) is 25.6 Å². The highest BCUT2D eigenvalue weighted by Gasteiger charge is 2.16. The van der Waals surface area contributed by atoms with Crippen molar-refractivity contribution in [1.29, 1.82) is 0 Å². The zero-order chi connectivity index (χ0) is 13.8. The molecule has 1 heterocycles. The van der Waals surface area contributed by atoms with Gasteiger partial charge in [0.25, 0.3) is 0 Å². The van der Waals surface area contributed by atoms with E-state index in [0.717, 1.165) is 6.54 Å². The summed E-state index contributed by atoms with van der Waals surface area (Å²) < 4.78 is 32.4. The van der Waals surface area contributed by atoms with Crippen LogP contribution in [-0.2, 0) is 6.42 Å². The molecule has 0 aliphatic heterocycles. The molecule has 0 bridgehead atoms. The summed E-state index contributed by atoms with van der Waals surface area (Å²) >= 11 is 0. The van der Waals surface area contributed by atoms with Crippen molar-refractivity contribution in [3.63, 3.8) is 0 Å². The summed E-state index contributed by atoms with van der Waals surface area (Å²) in [7, 11) is 0. The first kappa shape index (κ1) is 13.6. The fraction of sp³-hybridized carbons (Fsp3) is 0.385. The molecule has 1 unspecified atom stereocenters. The van der Waals surface area contributed by atoms with Crippen LogP contribution >= 0.6 is 0 Å². The van der Waals surface area contributed by atoms with Crippen molar-refractivity contribution in [2.45, 2.75) is 26.3 Å². The van der Waals surface area contributed by atoms with Crippen molar-refractivity contribution >= 4 is 0 Å². The number of halogens is 2. The average Bonchev–Trinajstić information content (AvgIpc) is 2.83. The maximum absolute atomic E-state index is 13.5. The summed E-state index contributed by atoms with van der Waals surface area (Å²) in [5.41, 5.74) is -0.0613. The molecule has 1 aromatic carbocycles. The lowest BCUT2D eigenvalue weighted by molar-refractivity contribution is 0.398. The van der Waals surface area contributed by atoms with Crippen LogP contribution in [0, 0.1) is 11.6 Å². The zero-order valence-corrected chi connectivity index (χ0v) is 10.8. The second-order valence-corrected chi connectivity index (χ2v) is 4.19. The van der Waals surface area contributed by atoms with Crippen LogP contribution in [0.15, 0.2) is 22.6 Å². The smallest absolute Gasteiger partial charge is 0.233 e. The average molecular weight is 267 g/mol. The number of nitrogens with zero attached hydrogens (tertiary/aromatic N) is 2. The van der Waals surface area contributed by atoms with E-state index in [1.807, 2.05) is 13.8 Å². The summed E-state index contributed by atoms with van der Waals surface area (Å²) in [6.45, 7) is 4.60. The Hall–Kier alpha value is -1.82. The van der Waals surface area contributed by atoms with E-state index in [-0.39, 0.29) is 23.9 Å². The topological polar surface area (TPSA) is 51.0 Å². The van der Waals surface area contributed by atoms with E-state index in [2.05, 4.69) is 15.5 Å². The lowest BCUT2D eigenvalue weighted by Crippen LogP contribution is -2.17. The number of benzene rings is 1. The van der Waals surface area contributed by atoms with Gasteiger partial charge in [0.15, 0.2) is 0 Å². The maximum Gasteiger partial charge on any atom is 0.233 e. The normalized spacial score (nSPS) is 12.6. The number of aromatic nitrogens is 2. The fourth-order valence-electron chi connectivity index (χ4n) is 1.76. The minimum Gasteiger partial charge on any atom is -0.423 e. The molecule has 1 N–H and O–H groups in total. The van der Waals surface area contributed by atoms with Gasteiger partial charge < -0.3 is 9.73 Å². The molecule has 0 saturated heterocycles. The second kappa shape index (κ2) is 5.88. The Bertz CT molecular complexity index is 536. The molecule has 0 amide bonds. The number of hydrogen-bond donors (Lipinski definition) is 1. The minimum absolute atomic E-state index is 0.0512. The van der Waals surface area contributed by atoms with Gasteiger partial charge in [0.2, 0.25) is 11.8 Å². The van der Waals surface area contributed by atoms with Crippen LogP contribution in [-0.4, -0.2) is 16.7 Å². The number of hydrogen-bond acceptors (Lipinski definition) is 4. The Morgan fingerprint density at radius 3 is 2.58 bits per heavy atom. The molecule has 2 rings (SSSR count). The zero-order valence-electron chi connectivity index (χ0n) is 10.8. The van der Waals surface area contributed by atoms with Crippen LogP contribution in [0.5, 0.6) is 0 Å². The lowest BCUT2D eigenvalue weighted by Gasteiger charge is -2.06. The first-order valence-electron chi connectivity index (χ1n) is 6.10. The Balaban J connectivity index is 2.16. The lowest BCUT2D eigenvalue weighted by atomic mass is 10.1. The minimum atomic E-state index is -0.612. The van der Waals surface area contributed by atoms with Gasteiger partial charge in [-0.3, -0.25) is 0 Å². The second-order valence-electron chi connectivity index (χ2n) is 4.19. The van der Waals surface area contributed by atoms with Gasteiger partial charge in [0.1, 0.15) is 11.6 Å². The van der Waals surface area contributed by atoms with E-state index in [1.54, 1.807) is 0 Å². The highest BCUT2D eigenvalue weighted by Crippen LogP contribution is 2.18. The monoisotopic (exact) mass is 267 g/mol. The number of rotatable bonds is 5. The summed E-state index contributed by atoms with van der Waals surface area (Å²) in [5, 5.41) is 10.8. The van der Waals surface area contributed by atoms with Crippen molar-refractivity contribution < 1.29 is 13.2 Å². The van der Waals surface area contributed by atoms with Crippen LogP contribution < -0.4 is 5.32 Å². The van der Waals surface area contributed by atoms with Gasteiger partial charge >= 0.3 is 0 Å². The Morgan fingerprint density at radius 2 is 1.95 bits per heavy atom. The number of nitrogens with one attached hydrogen (secondary N) is 1. The van der Waals surface area contributed by atoms with E-state index in [1.165, 1.54) is 18.2 Å². The van der Waals surface area contributed by atoms with Gasteiger partial charge in [-0.2, -0.15) is 0 Å². The van der Waals surface area contributed by atoms with E-state index in [4.69, 9.17) is 4.42 Å². The Kier molecular flexibility index (Phi) is 4.21. The summed E-state index contributed by atoms with van der Waals surface area (Å²) in [4.78, 5) is 0. The van der Waals surface area contributed by atoms with Crippen LogP contribution in [0.25, 0.3) is 0 Å². The molecule has 6 heteroatoms. The van der Waals surface area contributed by atoms with Crippen LogP contribution in [0.3, 0.4) is 0 Å². The molecule has 0 spiro atoms. The third-order valence-electron chi connectivity index (χ3n) is 2.75. The maximum atomic E-state index is 13.5. The molecule has 1 atom stereocenters. The van der Waals surface area contributed by atoms with E-state index in [9.17, 15) is 8.78 Å². The largest absolute Gasteiger partial charge is 0.423 e. The summed E-state index contributed by atoms with van der Waals surface area (Å²) in [6.07, 6.45) is -0.0512. The van der Waals surface area contributed by atoms with Crippen LogP contribution in [0.4, 0.5) is 8.78 Å². The van der Waals surface area contributed by atoms with Crippen molar-refractivity contribution in [1.82, 2.24) is 15.5 Å². The molecule has 0 radical (unpaired) electrons. The SMILES string of the molecule is CCNC(C)c1nnc(Cc2c(F)cccc2F)o1. The van der Waals surface area contributed by atoms with Crippen molar-refractivity contribution in [2.75, 3.05) is 6.54 Å². The summed E-state index contributed by atoms with van der Waals surface area (Å²) in [5.74, 6) is -0.615. The molecule has 0 aliphatic carbocycles. The van der Waals surface area contributed by atoms with Gasteiger partial charge in [-0.15, -0.1) is 10.2 Å². The molecule has 2 aromatic rings. The van der Waals surface area contributed by atoms with Gasteiger partial charge in [-0.1, -0.05) is 13.0 Å². The first-order chi connectivity index (χ1) is 9.11. The molecule has 0 fully saturated rings. The fourth-order valence-corrected chi connectivity index (χ4v) is 1.76. The van der Waals surface area contributed by atoms with Crippen LogP contribution in [0.2, 0.25) is 0 Å².